The van der Waals surface area contributed by atoms with Gasteiger partial charge in [-0.05, 0) is 62.2 Å². The maximum Gasteiger partial charge on any atom is 0.245 e. The molecule has 0 N–H and O–H groups in total. The van der Waals surface area contributed by atoms with Gasteiger partial charge >= 0.3 is 0 Å². The molecule has 3 rings (SSSR count). The van der Waals surface area contributed by atoms with Crippen LogP contribution >= 0.6 is 0 Å². The van der Waals surface area contributed by atoms with Crippen molar-refractivity contribution >= 4 is 21.6 Å². The van der Waals surface area contributed by atoms with E-state index in [9.17, 15) is 17.6 Å². The summed E-state index contributed by atoms with van der Waals surface area (Å²) in [5.74, 6) is -0.775. The van der Waals surface area contributed by atoms with Crippen LogP contribution in [0.15, 0.2) is 47.4 Å². The van der Waals surface area contributed by atoms with Gasteiger partial charge in [0.25, 0.3) is 0 Å². The van der Waals surface area contributed by atoms with Gasteiger partial charge in [-0.15, -0.1) is 0 Å². The summed E-state index contributed by atoms with van der Waals surface area (Å²) in [4.78, 5) is 14.5. The number of aryl methyl sites for hydroxylation is 2. The van der Waals surface area contributed by atoms with Gasteiger partial charge in [-0.1, -0.05) is 12.1 Å². The van der Waals surface area contributed by atoms with Crippen LogP contribution < -0.4 is 4.90 Å². The summed E-state index contributed by atoms with van der Waals surface area (Å²) in [6.07, 6.45) is 0. The number of amides is 1. The first-order valence-corrected chi connectivity index (χ1v) is 9.82. The minimum absolute atomic E-state index is 0.0151. The normalized spacial score (nSPS) is 19.0. The van der Waals surface area contributed by atoms with E-state index in [-0.39, 0.29) is 23.9 Å². The molecule has 1 saturated heterocycles. The molecule has 5 nitrogen and oxygen atoms in total. The van der Waals surface area contributed by atoms with Gasteiger partial charge in [-0.2, -0.15) is 4.31 Å². The lowest BCUT2D eigenvalue weighted by Gasteiger charge is -2.38. The third-order valence-corrected chi connectivity index (χ3v) is 6.66. The molecule has 2 aromatic carbocycles. The molecule has 26 heavy (non-hydrogen) atoms. The average Bonchev–Trinajstić information content (AvgIpc) is 2.60. The van der Waals surface area contributed by atoms with E-state index in [0.717, 1.165) is 28.9 Å². The highest BCUT2D eigenvalue weighted by molar-refractivity contribution is 7.89. The first-order valence-electron chi connectivity index (χ1n) is 8.38. The fraction of sp³-hybridized carbons (Fsp3) is 0.316. The van der Waals surface area contributed by atoms with Crippen LogP contribution in [-0.4, -0.2) is 37.8 Å². The van der Waals surface area contributed by atoms with Crippen molar-refractivity contribution in [2.45, 2.75) is 31.7 Å². The summed E-state index contributed by atoms with van der Waals surface area (Å²) in [5, 5.41) is 0. The van der Waals surface area contributed by atoms with Crippen molar-refractivity contribution in [1.82, 2.24) is 4.31 Å². The Kier molecular flexibility index (Phi) is 4.86. The quantitative estimate of drug-likeness (QED) is 0.828. The van der Waals surface area contributed by atoms with Crippen molar-refractivity contribution in [2.24, 2.45) is 0 Å². The highest BCUT2D eigenvalue weighted by atomic mass is 32.2. The van der Waals surface area contributed by atoms with Crippen molar-refractivity contribution in [1.29, 1.82) is 0 Å². The molecular formula is C19H21FN2O3S. The standard InChI is InChI=1S/C19H21FN2O3S/c1-13-4-5-14(2)18(12-13)21-10-11-22(15(3)19(21)23)26(24,25)17-8-6-16(20)7-9-17/h4-9,12,15H,10-11H2,1-3H3/t15-/m1/s1. The zero-order valence-corrected chi connectivity index (χ0v) is 15.8. The van der Waals surface area contributed by atoms with Crippen LogP contribution in [0, 0.1) is 19.7 Å². The molecule has 138 valence electrons. The maximum atomic E-state index is 13.1. The molecule has 0 aromatic heterocycles. The minimum Gasteiger partial charge on any atom is -0.309 e. The summed E-state index contributed by atoms with van der Waals surface area (Å²) < 4.78 is 40.0. The Morgan fingerprint density at radius 3 is 2.35 bits per heavy atom. The lowest BCUT2D eigenvalue weighted by molar-refractivity contribution is -0.123. The van der Waals surface area contributed by atoms with Gasteiger partial charge in [-0.25, -0.2) is 12.8 Å². The zero-order valence-electron chi connectivity index (χ0n) is 14.9. The predicted molar refractivity (Wildman–Crippen MR) is 98.0 cm³/mol. The molecule has 7 heteroatoms. The third-order valence-electron chi connectivity index (χ3n) is 4.68. The molecule has 0 aliphatic carbocycles. The predicted octanol–water partition coefficient (Wildman–Crippen LogP) is 2.87. The number of benzene rings is 2. The average molecular weight is 376 g/mol. The maximum absolute atomic E-state index is 13.1. The van der Waals surface area contributed by atoms with Crippen LogP contribution in [0.25, 0.3) is 0 Å². The van der Waals surface area contributed by atoms with Crippen molar-refractivity contribution in [3.05, 3.63) is 59.4 Å². The van der Waals surface area contributed by atoms with Gasteiger partial charge < -0.3 is 4.90 Å². The number of piperazine rings is 1. The number of hydrogen-bond acceptors (Lipinski definition) is 3. The zero-order chi connectivity index (χ0) is 19.1. The number of rotatable bonds is 3. The number of carbonyl (C=O) groups excluding carboxylic acids is 1. The van der Waals surface area contributed by atoms with Crippen LogP contribution in [0.4, 0.5) is 10.1 Å². The Morgan fingerprint density at radius 1 is 1.04 bits per heavy atom. The van der Waals surface area contributed by atoms with E-state index in [1.54, 1.807) is 11.8 Å². The summed E-state index contributed by atoms with van der Waals surface area (Å²) in [5.41, 5.74) is 2.80. The first kappa shape index (κ1) is 18.5. The number of nitrogens with zero attached hydrogens (tertiary/aromatic N) is 2. The van der Waals surface area contributed by atoms with Crippen molar-refractivity contribution < 1.29 is 17.6 Å². The molecule has 1 heterocycles. The molecule has 2 aromatic rings. The SMILES string of the molecule is Cc1ccc(C)c(N2CCN(S(=O)(=O)c3ccc(F)cc3)[C@H](C)C2=O)c1. The van der Waals surface area contributed by atoms with E-state index in [0.29, 0.717) is 0 Å². The van der Waals surface area contributed by atoms with Gasteiger partial charge in [0.1, 0.15) is 11.9 Å². The summed E-state index contributed by atoms with van der Waals surface area (Å²) in [6.45, 7) is 5.91. The Labute approximate surface area is 153 Å². The topological polar surface area (TPSA) is 57.7 Å². The monoisotopic (exact) mass is 376 g/mol. The number of halogens is 1. The van der Waals surface area contributed by atoms with E-state index >= 15 is 0 Å². The second-order valence-electron chi connectivity index (χ2n) is 6.53. The van der Waals surface area contributed by atoms with E-state index in [1.807, 2.05) is 32.0 Å². The van der Waals surface area contributed by atoms with Crippen LogP contribution in [0.2, 0.25) is 0 Å². The van der Waals surface area contributed by atoms with Crippen molar-refractivity contribution in [3.63, 3.8) is 0 Å². The van der Waals surface area contributed by atoms with Gasteiger partial charge in [0.15, 0.2) is 0 Å². The van der Waals surface area contributed by atoms with Crippen molar-refractivity contribution in [3.8, 4) is 0 Å². The van der Waals surface area contributed by atoms with Crippen LogP contribution in [0.3, 0.4) is 0 Å². The smallest absolute Gasteiger partial charge is 0.245 e. The Bertz CT molecular complexity index is 942. The molecule has 0 saturated carbocycles. The molecular weight excluding hydrogens is 355 g/mol. The van der Waals surface area contributed by atoms with Crippen LogP contribution in [0.1, 0.15) is 18.1 Å². The fourth-order valence-corrected chi connectivity index (χ4v) is 4.75. The fourth-order valence-electron chi connectivity index (χ4n) is 3.17. The van der Waals surface area contributed by atoms with E-state index in [1.165, 1.54) is 16.4 Å². The second-order valence-corrected chi connectivity index (χ2v) is 8.42. The number of carbonyl (C=O) groups is 1. The van der Waals surface area contributed by atoms with Crippen molar-refractivity contribution in [2.75, 3.05) is 18.0 Å². The van der Waals surface area contributed by atoms with Gasteiger partial charge in [0.05, 0.1) is 4.90 Å². The summed E-state index contributed by atoms with van der Waals surface area (Å²) >= 11 is 0. The Morgan fingerprint density at radius 2 is 1.69 bits per heavy atom. The van der Waals surface area contributed by atoms with E-state index in [2.05, 4.69) is 0 Å². The molecule has 1 aliphatic heterocycles. The highest BCUT2D eigenvalue weighted by Crippen LogP contribution is 2.28. The molecule has 1 atom stereocenters. The molecule has 1 fully saturated rings. The summed E-state index contributed by atoms with van der Waals surface area (Å²) in [6, 6.07) is 9.67. The van der Waals surface area contributed by atoms with Gasteiger partial charge in [0.2, 0.25) is 15.9 Å². The number of hydrogen-bond donors (Lipinski definition) is 0. The molecule has 1 aliphatic rings. The lowest BCUT2D eigenvalue weighted by atomic mass is 10.1. The molecule has 1 amide bonds. The number of anilines is 1. The third kappa shape index (κ3) is 3.24. The minimum atomic E-state index is -3.87. The Hall–Kier alpha value is -2.25. The van der Waals surface area contributed by atoms with E-state index in [4.69, 9.17) is 0 Å². The largest absolute Gasteiger partial charge is 0.309 e. The Balaban J connectivity index is 1.90. The molecule has 0 bridgehead atoms. The lowest BCUT2D eigenvalue weighted by Crippen LogP contribution is -2.57. The highest BCUT2D eigenvalue weighted by Gasteiger charge is 2.39. The summed E-state index contributed by atoms with van der Waals surface area (Å²) in [7, 11) is -3.87. The number of sulfonamides is 1. The second kappa shape index (κ2) is 6.81. The van der Waals surface area contributed by atoms with Crippen LogP contribution in [0.5, 0.6) is 0 Å². The molecule has 0 radical (unpaired) electrons. The molecule has 0 unspecified atom stereocenters. The first-order chi connectivity index (χ1) is 12.2. The van der Waals surface area contributed by atoms with Gasteiger partial charge in [-0.3, -0.25) is 4.79 Å². The van der Waals surface area contributed by atoms with E-state index < -0.39 is 21.9 Å². The van der Waals surface area contributed by atoms with Gasteiger partial charge in [0, 0.05) is 18.8 Å². The van der Waals surface area contributed by atoms with Crippen LogP contribution in [-0.2, 0) is 14.8 Å². The molecule has 0 spiro atoms.